The summed E-state index contributed by atoms with van der Waals surface area (Å²) >= 11 is 0. The Morgan fingerprint density at radius 1 is 0.778 bits per heavy atom. The van der Waals surface area contributed by atoms with Gasteiger partial charge in [-0.2, -0.15) is 0 Å². The molecule has 8 nitrogen and oxygen atoms in total. The third-order valence-corrected chi connectivity index (χ3v) is 2.50. The van der Waals surface area contributed by atoms with Crippen LogP contribution in [-0.4, -0.2) is 92.7 Å². The first-order chi connectivity index (χ1) is 8.49. The third-order valence-electron chi connectivity index (χ3n) is 2.50. The molecule has 0 saturated heterocycles. The van der Waals surface area contributed by atoms with Crippen molar-refractivity contribution in [2.75, 3.05) is 26.4 Å². The van der Waals surface area contributed by atoms with Gasteiger partial charge in [0.2, 0.25) is 0 Å². The molecule has 110 valence electrons. The van der Waals surface area contributed by atoms with E-state index in [0.717, 1.165) is 0 Å². The van der Waals surface area contributed by atoms with Crippen LogP contribution in [0.3, 0.4) is 0 Å². The minimum Gasteiger partial charge on any atom is -0.396 e. The van der Waals surface area contributed by atoms with E-state index in [1.165, 1.54) is 0 Å². The first kappa shape index (κ1) is 17.7. The first-order valence-corrected chi connectivity index (χ1v) is 5.66. The standard InChI is InChI=1S/C10H22O8/c11-2-1-7(18-4-3-12)9(16)10(17)8(15)6(14)5-13/h6-17H,1-5H2/t6-,7?,8-,9-,10+/m1/s1. The molecule has 0 bridgehead atoms. The molecule has 0 aliphatic carbocycles. The maximum atomic E-state index is 9.73. The molecule has 0 aromatic carbocycles. The van der Waals surface area contributed by atoms with Crippen LogP contribution in [0.5, 0.6) is 0 Å². The van der Waals surface area contributed by atoms with Gasteiger partial charge in [0.1, 0.15) is 24.4 Å². The lowest BCUT2D eigenvalue weighted by molar-refractivity contribution is -0.155. The number of aliphatic hydroxyl groups excluding tert-OH is 7. The fourth-order valence-corrected chi connectivity index (χ4v) is 1.44. The lowest BCUT2D eigenvalue weighted by atomic mass is 9.98. The van der Waals surface area contributed by atoms with Gasteiger partial charge in [0.05, 0.1) is 25.9 Å². The van der Waals surface area contributed by atoms with E-state index in [1.807, 2.05) is 0 Å². The van der Waals surface area contributed by atoms with E-state index in [0.29, 0.717) is 0 Å². The van der Waals surface area contributed by atoms with Gasteiger partial charge >= 0.3 is 0 Å². The normalized spacial score (nSPS) is 20.2. The number of ether oxygens (including phenoxy) is 1. The van der Waals surface area contributed by atoms with E-state index in [1.54, 1.807) is 0 Å². The smallest absolute Gasteiger partial charge is 0.111 e. The SMILES string of the molecule is OCCOC(CCO)[C@@H](O)[C@@H](O)[C@H](O)[C@H](O)CO. The molecular weight excluding hydrogens is 248 g/mol. The minimum absolute atomic E-state index is 0.0137. The average Bonchev–Trinajstić information content (AvgIpc) is 2.39. The van der Waals surface area contributed by atoms with E-state index < -0.39 is 37.1 Å². The first-order valence-electron chi connectivity index (χ1n) is 5.66. The summed E-state index contributed by atoms with van der Waals surface area (Å²) in [6.45, 7) is -1.49. The van der Waals surface area contributed by atoms with Crippen LogP contribution in [0.25, 0.3) is 0 Å². The molecular formula is C10H22O8. The molecule has 0 spiro atoms. The van der Waals surface area contributed by atoms with Crippen molar-refractivity contribution in [1.29, 1.82) is 0 Å². The van der Waals surface area contributed by atoms with E-state index in [2.05, 4.69) is 0 Å². The highest BCUT2D eigenvalue weighted by Crippen LogP contribution is 2.13. The van der Waals surface area contributed by atoms with Gasteiger partial charge in [-0.25, -0.2) is 0 Å². The van der Waals surface area contributed by atoms with Crippen molar-refractivity contribution in [2.24, 2.45) is 0 Å². The minimum atomic E-state index is -1.75. The molecule has 5 atom stereocenters. The second-order valence-electron chi connectivity index (χ2n) is 3.87. The summed E-state index contributed by atoms with van der Waals surface area (Å²) in [4.78, 5) is 0. The van der Waals surface area contributed by atoms with Crippen LogP contribution in [0.4, 0.5) is 0 Å². The molecule has 0 radical (unpaired) electrons. The summed E-state index contributed by atoms with van der Waals surface area (Å²) < 4.78 is 5.00. The maximum Gasteiger partial charge on any atom is 0.111 e. The van der Waals surface area contributed by atoms with Crippen LogP contribution in [0.1, 0.15) is 6.42 Å². The topological polar surface area (TPSA) is 151 Å². The van der Waals surface area contributed by atoms with Gasteiger partial charge in [-0.1, -0.05) is 0 Å². The van der Waals surface area contributed by atoms with Crippen LogP contribution >= 0.6 is 0 Å². The third kappa shape index (κ3) is 5.55. The molecule has 0 aliphatic heterocycles. The van der Waals surface area contributed by atoms with Crippen LogP contribution in [-0.2, 0) is 4.74 Å². The predicted molar refractivity (Wildman–Crippen MR) is 59.6 cm³/mol. The fourth-order valence-electron chi connectivity index (χ4n) is 1.44. The quantitative estimate of drug-likeness (QED) is 0.213. The second kappa shape index (κ2) is 9.59. The Hall–Kier alpha value is -0.320. The van der Waals surface area contributed by atoms with Crippen LogP contribution in [0, 0.1) is 0 Å². The zero-order chi connectivity index (χ0) is 14.1. The molecule has 0 heterocycles. The number of hydrogen-bond acceptors (Lipinski definition) is 8. The Labute approximate surface area is 105 Å². The van der Waals surface area contributed by atoms with Crippen molar-refractivity contribution in [2.45, 2.75) is 36.9 Å². The molecule has 0 aromatic heterocycles. The molecule has 0 aromatic rings. The molecule has 0 amide bonds. The van der Waals surface area contributed by atoms with Gasteiger partial charge in [-0.15, -0.1) is 0 Å². The summed E-state index contributed by atoms with van der Waals surface area (Å²) in [5.41, 5.74) is 0. The largest absolute Gasteiger partial charge is 0.396 e. The average molecular weight is 270 g/mol. The summed E-state index contributed by atoms with van der Waals surface area (Å²) in [6, 6.07) is 0. The lowest BCUT2D eigenvalue weighted by Crippen LogP contribution is -2.50. The molecule has 8 heteroatoms. The van der Waals surface area contributed by atoms with Crippen LogP contribution < -0.4 is 0 Å². The monoisotopic (exact) mass is 270 g/mol. The summed E-state index contributed by atoms with van der Waals surface area (Å²) in [5.74, 6) is 0. The summed E-state index contributed by atoms with van der Waals surface area (Å²) in [6.07, 6.45) is -7.67. The molecule has 18 heavy (non-hydrogen) atoms. The Morgan fingerprint density at radius 3 is 1.83 bits per heavy atom. The Morgan fingerprint density at radius 2 is 1.39 bits per heavy atom. The Kier molecular flexibility index (Phi) is 9.42. The maximum absolute atomic E-state index is 9.73. The van der Waals surface area contributed by atoms with Gasteiger partial charge in [-0.05, 0) is 6.42 Å². The van der Waals surface area contributed by atoms with Crippen LogP contribution in [0.15, 0.2) is 0 Å². The van der Waals surface area contributed by atoms with E-state index in [4.69, 9.17) is 25.2 Å². The van der Waals surface area contributed by atoms with Gasteiger partial charge in [0.15, 0.2) is 0 Å². The van der Waals surface area contributed by atoms with E-state index in [-0.39, 0.29) is 26.2 Å². The number of aliphatic hydroxyl groups is 7. The van der Waals surface area contributed by atoms with Crippen molar-refractivity contribution in [3.05, 3.63) is 0 Å². The van der Waals surface area contributed by atoms with Crippen LogP contribution in [0.2, 0.25) is 0 Å². The molecule has 0 rings (SSSR count). The molecule has 7 N–H and O–H groups in total. The number of rotatable bonds is 10. The van der Waals surface area contributed by atoms with Crippen molar-refractivity contribution < 1.29 is 40.5 Å². The van der Waals surface area contributed by atoms with E-state index >= 15 is 0 Å². The summed E-state index contributed by atoms with van der Waals surface area (Å²) in [5, 5.41) is 63.8. The van der Waals surface area contributed by atoms with Crippen molar-refractivity contribution in [3.8, 4) is 0 Å². The molecule has 0 fully saturated rings. The van der Waals surface area contributed by atoms with Gasteiger partial charge in [0.25, 0.3) is 0 Å². The second-order valence-corrected chi connectivity index (χ2v) is 3.87. The summed E-state index contributed by atoms with van der Waals surface area (Å²) in [7, 11) is 0. The zero-order valence-electron chi connectivity index (χ0n) is 9.96. The molecule has 1 unspecified atom stereocenters. The Bertz CT molecular complexity index is 200. The molecule has 0 saturated carbocycles. The van der Waals surface area contributed by atoms with Gasteiger partial charge in [0, 0.05) is 6.61 Å². The predicted octanol–water partition coefficient (Wildman–Crippen LogP) is -3.82. The highest BCUT2D eigenvalue weighted by molar-refractivity contribution is 4.85. The Balaban J connectivity index is 4.47. The highest BCUT2D eigenvalue weighted by atomic mass is 16.5. The lowest BCUT2D eigenvalue weighted by Gasteiger charge is -2.30. The zero-order valence-corrected chi connectivity index (χ0v) is 9.96. The molecule has 0 aliphatic rings. The van der Waals surface area contributed by atoms with Gasteiger partial charge < -0.3 is 40.5 Å². The van der Waals surface area contributed by atoms with Crippen molar-refractivity contribution in [3.63, 3.8) is 0 Å². The number of hydrogen-bond donors (Lipinski definition) is 7. The van der Waals surface area contributed by atoms with Crippen molar-refractivity contribution in [1.82, 2.24) is 0 Å². The van der Waals surface area contributed by atoms with Gasteiger partial charge in [-0.3, -0.25) is 0 Å². The van der Waals surface area contributed by atoms with Crippen molar-refractivity contribution >= 4 is 0 Å². The fraction of sp³-hybridized carbons (Fsp3) is 1.00. The highest BCUT2D eigenvalue weighted by Gasteiger charge is 2.34. The van der Waals surface area contributed by atoms with E-state index in [9.17, 15) is 15.3 Å².